The predicted octanol–water partition coefficient (Wildman–Crippen LogP) is 1.35. The summed E-state index contributed by atoms with van der Waals surface area (Å²) in [6.07, 6.45) is -3.16. The predicted molar refractivity (Wildman–Crippen MR) is 49.0 cm³/mol. The number of rotatable bonds is 2. The number of amides is 1. The Morgan fingerprint density at radius 3 is 2.33 bits per heavy atom. The quantitative estimate of drug-likeness (QED) is 0.718. The second-order valence-electron chi connectivity index (χ2n) is 3.79. The highest BCUT2D eigenvalue weighted by molar-refractivity contribution is 5.73. The van der Waals surface area contributed by atoms with Crippen molar-refractivity contribution in [2.24, 2.45) is 5.92 Å². The van der Waals surface area contributed by atoms with Crippen LogP contribution in [0, 0.1) is 5.92 Å². The molecule has 0 atom stereocenters. The van der Waals surface area contributed by atoms with E-state index in [2.05, 4.69) is 5.32 Å². The summed E-state index contributed by atoms with van der Waals surface area (Å²) >= 11 is 0. The van der Waals surface area contributed by atoms with E-state index in [1.807, 2.05) is 0 Å². The van der Waals surface area contributed by atoms with Crippen molar-refractivity contribution in [3.05, 3.63) is 0 Å². The second kappa shape index (κ2) is 4.83. The van der Waals surface area contributed by atoms with E-state index in [1.165, 1.54) is 0 Å². The number of hydrogen-bond acceptors (Lipinski definition) is 2. The number of alkyl halides is 3. The van der Waals surface area contributed by atoms with E-state index in [0.717, 1.165) is 20.0 Å². The molecule has 1 aliphatic heterocycles. The summed E-state index contributed by atoms with van der Waals surface area (Å²) in [6.45, 7) is 2.21. The molecule has 1 saturated heterocycles. The zero-order valence-corrected chi connectivity index (χ0v) is 8.60. The van der Waals surface area contributed by atoms with E-state index in [9.17, 15) is 18.0 Å². The number of halogens is 3. The molecule has 1 amide bonds. The van der Waals surface area contributed by atoms with Gasteiger partial charge in [-0.2, -0.15) is 0 Å². The molecule has 0 saturated carbocycles. The Hall–Kier alpha value is -0.780. The summed E-state index contributed by atoms with van der Waals surface area (Å²) in [4.78, 5) is 10.9. The Labute approximate surface area is 86.6 Å². The zero-order chi connectivity index (χ0) is 11.5. The maximum Gasteiger partial charge on any atom is 0.487 e. The van der Waals surface area contributed by atoms with Crippen LogP contribution in [0.1, 0.15) is 19.8 Å². The highest BCUT2D eigenvalue weighted by Gasteiger charge is 2.40. The lowest BCUT2D eigenvalue weighted by atomic mass is 9.97. The number of piperidine rings is 1. The van der Waals surface area contributed by atoms with Gasteiger partial charge in [0.1, 0.15) is 0 Å². The van der Waals surface area contributed by atoms with E-state index in [-0.39, 0.29) is 17.4 Å². The highest BCUT2D eigenvalue weighted by atomic mass is 19.4. The summed E-state index contributed by atoms with van der Waals surface area (Å²) in [5.74, 6) is -0.974. The summed E-state index contributed by atoms with van der Waals surface area (Å²) in [7, 11) is 0. The summed E-state index contributed by atoms with van der Waals surface area (Å²) in [6, 6.07) is 0. The van der Waals surface area contributed by atoms with Gasteiger partial charge in [0.15, 0.2) is 0 Å². The SMILES string of the molecule is CC(=O)N(CC1CCNCC1)C(F)(F)F. The minimum atomic E-state index is -4.54. The molecule has 1 aliphatic rings. The fourth-order valence-electron chi connectivity index (χ4n) is 1.73. The van der Waals surface area contributed by atoms with Gasteiger partial charge < -0.3 is 5.32 Å². The maximum atomic E-state index is 12.4. The largest absolute Gasteiger partial charge is 0.487 e. The molecule has 3 nitrogen and oxygen atoms in total. The van der Waals surface area contributed by atoms with Crippen molar-refractivity contribution in [3.63, 3.8) is 0 Å². The molecule has 0 aromatic heterocycles. The highest BCUT2D eigenvalue weighted by Crippen LogP contribution is 2.24. The van der Waals surface area contributed by atoms with Crippen molar-refractivity contribution < 1.29 is 18.0 Å². The maximum absolute atomic E-state index is 12.4. The van der Waals surface area contributed by atoms with E-state index in [4.69, 9.17) is 0 Å². The van der Waals surface area contributed by atoms with E-state index in [0.29, 0.717) is 12.8 Å². The molecule has 88 valence electrons. The van der Waals surface area contributed by atoms with Crippen molar-refractivity contribution in [1.29, 1.82) is 0 Å². The van der Waals surface area contributed by atoms with Crippen molar-refractivity contribution in [3.8, 4) is 0 Å². The lowest BCUT2D eigenvalue weighted by Crippen LogP contribution is -2.46. The first-order chi connectivity index (χ1) is 6.91. The Morgan fingerprint density at radius 2 is 1.93 bits per heavy atom. The van der Waals surface area contributed by atoms with Gasteiger partial charge in [0.25, 0.3) is 0 Å². The van der Waals surface area contributed by atoms with Crippen LogP contribution in [-0.4, -0.2) is 36.7 Å². The van der Waals surface area contributed by atoms with Crippen LogP contribution in [0.5, 0.6) is 0 Å². The molecule has 1 rings (SSSR count). The summed E-state index contributed by atoms with van der Waals surface area (Å²) < 4.78 is 37.2. The Kier molecular flexibility index (Phi) is 3.96. The third-order valence-corrected chi connectivity index (χ3v) is 2.59. The monoisotopic (exact) mass is 224 g/mol. The molecule has 1 N–H and O–H groups in total. The molecule has 0 radical (unpaired) electrons. The van der Waals surface area contributed by atoms with Gasteiger partial charge in [0, 0.05) is 13.5 Å². The average Bonchev–Trinajstić information content (AvgIpc) is 2.13. The number of nitrogens with zero attached hydrogens (tertiary/aromatic N) is 1. The van der Waals surface area contributed by atoms with Crippen molar-refractivity contribution in [2.45, 2.75) is 26.1 Å². The second-order valence-corrected chi connectivity index (χ2v) is 3.79. The molecule has 6 heteroatoms. The number of carbonyl (C=O) groups excluding carboxylic acids is 1. The van der Waals surface area contributed by atoms with Crippen LogP contribution >= 0.6 is 0 Å². The Balaban J connectivity index is 2.54. The molecule has 1 heterocycles. The van der Waals surface area contributed by atoms with Gasteiger partial charge in [0.05, 0.1) is 0 Å². The zero-order valence-electron chi connectivity index (χ0n) is 8.60. The van der Waals surface area contributed by atoms with Crippen LogP contribution < -0.4 is 5.32 Å². The first-order valence-corrected chi connectivity index (χ1v) is 4.97. The van der Waals surface area contributed by atoms with Gasteiger partial charge in [-0.3, -0.25) is 9.69 Å². The molecule has 0 bridgehead atoms. The van der Waals surface area contributed by atoms with Crippen LogP contribution in [0.4, 0.5) is 13.2 Å². The van der Waals surface area contributed by atoms with Gasteiger partial charge in [-0.25, -0.2) is 0 Å². The van der Waals surface area contributed by atoms with E-state index < -0.39 is 12.2 Å². The van der Waals surface area contributed by atoms with Crippen LogP contribution in [0.25, 0.3) is 0 Å². The number of nitrogens with one attached hydrogen (secondary N) is 1. The third-order valence-electron chi connectivity index (χ3n) is 2.59. The van der Waals surface area contributed by atoms with E-state index >= 15 is 0 Å². The summed E-state index contributed by atoms with van der Waals surface area (Å²) in [5.41, 5.74) is 0. The number of hydrogen-bond donors (Lipinski definition) is 1. The first kappa shape index (κ1) is 12.3. The standard InChI is InChI=1S/C9H15F3N2O/c1-7(15)14(9(10,11)12)6-8-2-4-13-5-3-8/h8,13H,2-6H2,1H3. The van der Waals surface area contributed by atoms with Crippen LogP contribution in [0.2, 0.25) is 0 Å². The normalized spacial score (nSPS) is 18.9. The van der Waals surface area contributed by atoms with Gasteiger partial charge in [-0.05, 0) is 31.8 Å². The first-order valence-electron chi connectivity index (χ1n) is 4.97. The van der Waals surface area contributed by atoms with Gasteiger partial charge in [0.2, 0.25) is 5.91 Å². The van der Waals surface area contributed by atoms with Gasteiger partial charge in [-0.1, -0.05) is 0 Å². The van der Waals surface area contributed by atoms with Crippen molar-refractivity contribution in [1.82, 2.24) is 10.2 Å². The van der Waals surface area contributed by atoms with Crippen molar-refractivity contribution >= 4 is 5.91 Å². The molecule has 0 aliphatic carbocycles. The lowest BCUT2D eigenvalue weighted by Gasteiger charge is -2.30. The van der Waals surface area contributed by atoms with Crippen LogP contribution in [0.15, 0.2) is 0 Å². The molecule has 15 heavy (non-hydrogen) atoms. The lowest BCUT2D eigenvalue weighted by molar-refractivity contribution is -0.242. The smallest absolute Gasteiger partial charge is 0.317 e. The average molecular weight is 224 g/mol. The topological polar surface area (TPSA) is 32.3 Å². The van der Waals surface area contributed by atoms with Crippen LogP contribution in [0.3, 0.4) is 0 Å². The minimum absolute atomic E-state index is 0.00296. The molecular weight excluding hydrogens is 209 g/mol. The van der Waals surface area contributed by atoms with E-state index in [1.54, 1.807) is 0 Å². The van der Waals surface area contributed by atoms with Gasteiger partial charge >= 0.3 is 6.30 Å². The third kappa shape index (κ3) is 3.70. The van der Waals surface area contributed by atoms with Gasteiger partial charge in [-0.15, -0.1) is 13.2 Å². The summed E-state index contributed by atoms with van der Waals surface area (Å²) in [5, 5.41) is 3.07. The van der Waals surface area contributed by atoms with Crippen LogP contribution in [-0.2, 0) is 4.79 Å². The molecule has 0 unspecified atom stereocenters. The molecule has 0 aromatic rings. The Morgan fingerprint density at radius 1 is 1.40 bits per heavy atom. The molecule has 0 aromatic carbocycles. The molecule has 0 spiro atoms. The minimum Gasteiger partial charge on any atom is -0.317 e. The van der Waals surface area contributed by atoms with Crippen molar-refractivity contribution in [2.75, 3.05) is 19.6 Å². The Bertz CT molecular complexity index is 224. The number of carbonyl (C=O) groups is 1. The molecular formula is C9H15F3N2O. The fraction of sp³-hybridized carbons (Fsp3) is 0.889. The fourth-order valence-corrected chi connectivity index (χ4v) is 1.73. The molecule has 1 fully saturated rings.